The highest BCUT2D eigenvalue weighted by Crippen LogP contribution is 2.37. The quantitative estimate of drug-likeness (QED) is 0.843. The normalized spacial score (nSPS) is 17.0. The summed E-state index contributed by atoms with van der Waals surface area (Å²) in [5, 5.41) is 2.46. The van der Waals surface area contributed by atoms with Crippen molar-refractivity contribution in [2.75, 3.05) is 23.8 Å². The van der Waals surface area contributed by atoms with Crippen LogP contribution in [0.15, 0.2) is 48.5 Å². The van der Waals surface area contributed by atoms with E-state index < -0.39 is 30.5 Å². The lowest BCUT2D eigenvalue weighted by Crippen LogP contribution is -2.52. The zero-order chi connectivity index (χ0) is 21.2. The molecule has 2 aromatic rings. The summed E-state index contributed by atoms with van der Waals surface area (Å²) >= 11 is 0. The Morgan fingerprint density at radius 1 is 1.17 bits per heavy atom. The van der Waals surface area contributed by atoms with E-state index in [1.165, 1.54) is 12.1 Å². The van der Waals surface area contributed by atoms with Crippen LogP contribution in [0.25, 0.3) is 0 Å². The average molecular weight is 405 g/mol. The molecule has 5 nitrogen and oxygen atoms in total. The molecule has 1 aliphatic heterocycles. The van der Waals surface area contributed by atoms with Gasteiger partial charge in [-0.1, -0.05) is 42.0 Å². The Hall–Kier alpha value is -2.87. The number of para-hydroxylation sites is 2. The molecule has 3 rings (SSSR count). The maximum Gasteiger partial charge on any atom is 0.409 e. The Kier molecular flexibility index (Phi) is 5.93. The standard InChI is InChI=1S/C21H22F3N3O2/c1-14-7-9-15(10-8-14)12-26(2)13-20(29)27-17-6-4-3-5-16(17)25-19(28)11-18(27)21(22,23)24/h3-10,18H,11-13H2,1-2H3,(H,25,28)/t18-/m0/s1. The van der Waals surface area contributed by atoms with Gasteiger partial charge in [-0.15, -0.1) is 0 Å². The largest absolute Gasteiger partial charge is 0.409 e. The van der Waals surface area contributed by atoms with Gasteiger partial charge in [-0.3, -0.25) is 19.4 Å². The van der Waals surface area contributed by atoms with Gasteiger partial charge in [0, 0.05) is 6.54 Å². The number of nitrogens with zero attached hydrogens (tertiary/aromatic N) is 2. The van der Waals surface area contributed by atoms with E-state index in [1.807, 2.05) is 31.2 Å². The highest BCUT2D eigenvalue weighted by Gasteiger charge is 2.49. The van der Waals surface area contributed by atoms with Crippen molar-refractivity contribution >= 4 is 23.2 Å². The summed E-state index contributed by atoms with van der Waals surface area (Å²) in [5.74, 6) is -1.49. The number of nitrogens with one attached hydrogen (secondary N) is 1. The number of carbonyl (C=O) groups is 2. The van der Waals surface area contributed by atoms with Crippen molar-refractivity contribution in [3.8, 4) is 0 Å². The summed E-state index contributed by atoms with van der Waals surface area (Å²) in [6.07, 6.45) is -5.58. The number of fused-ring (bicyclic) bond motifs is 1. The van der Waals surface area contributed by atoms with Crippen LogP contribution in [-0.2, 0) is 16.1 Å². The lowest BCUT2D eigenvalue weighted by atomic mass is 10.1. The fourth-order valence-electron chi connectivity index (χ4n) is 3.36. The molecule has 0 saturated carbocycles. The van der Waals surface area contributed by atoms with E-state index in [-0.39, 0.29) is 17.9 Å². The molecule has 1 atom stereocenters. The smallest absolute Gasteiger partial charge is 0.324 e. The first-order chi connectivity index (χ1) is 13.6. The third-order valence-corrected chi connectivity index (χ3v) is 4.75. The average Bonchev–Trinajstić information content (AvgIpc) is 2.79. The third kappa shape index (κ3) is 4.95. The number of alkyl halides is 3. The van der Waals surface area contributed by atoms with Crippen molar-refractivity contribution in [3.63, 3.8) is 0 Å². The number of benzene rings is 2. The summed E-state index contributed by atoms with van der Waals surface area (Å²) in [4.78, 5) is 27.3. The lowest BCUT2D eigenvalue weighted by molar-refractivity contribution is -0.158. The van der Waals surface area contributed by atoms with Crippen LogP contribution in [0.4, 0.5) is 24.5 Å². The van der Waals surface area contributed by atoms with Crippen LogP contribution in [0, 0.1) is 6.92 Å². The number of anilines is 2. The van der Waals surface area contributed by atoms with Gasteiger partial charge in [0.25, 0.3) is 0 Å². The van der Waals surface area contributed by atoms with Gasteiger partial charge in [0.15, 0.2) is 0 Å². The molecule has 0 unspecified atom stereocenters. The van der Waals surface area contributed by atoms with E-state index in [1.54, 1.807) is 24.1 Å². The van der Waals surface area contributed by atoms with Crippen molar-refractivity contribution in [2.24, 2.45) is 0 Å². The molecular weight excluding hydrogens is 383 g/mol. The van der Waals surface area contributed by atoms with Crippen LogP contribution in [0.1, 0.15) is 17.5 Å². The first-order valence-corrected chi connectivity index (χ1v) is 9.17. The number of rotatable bonds is 4. The highest BCUT2D eigenvalue weighted by molar-refractivity contribution is 6.05. The van der Waals surface area contributed by atoms with Crippen LogP contribution >= 0.6 is 0 Å². The first kappa shape index (κ1) is 20.9. The summed E-state index contributed by atoms with van der Waals surface area (Å²) in [7, 11) is 1.67. The fraction of sp³-hybridized carbons (Fsp3) is 0.333. The number of aryl methyl sites for hydroxylation is 1. The van der Waals surface area contributed by atoms with Crippen LogP contribution < -0.4 is 10.2 Å². The maximum absolute atomic E-state index is 13.7. The predicted molar refractivity (Wildman–Crippen MR) is 105 cm³/mol. The Morgan fingerprint density at radius 2 is 1.83 bits per heavy atom. The molecule has 0 aromatic heterocycles. The molecule has 0 radical (unpaired) electrons. The number of hydrogen-bond donors (Lipinski definition) is 1. The maximum atomic E-state index is 13.7. The van der Waals surface area contributed by atoms with Crippen molar-refractivity contribution in [3.05, 3.63) is 59.7 Å². The molecule has 0 saturated heterocycles. The van der Waals surface area contributed by atoms with E-state index in [0.717, 1.165) is 11.1 Å². The fourth-order valence-corrected chi connectivity index (χ4v) is 3.36. The van der Waals surface area contributed by atoms with Gasteiger partial charge in [-0.2, -0.15) is 13.2 Å². The highest BCUT2D eigenvalue weighted by atomic mass is 19.4. The van der Waals surface area contributed by atoms with Gasteiger partial charge in [0.05, 0.1) is 24.3 Å². The number of amides is 2. The number of likely N-dealkylation sites (N-methyl/N-ethyl adjacent to an activating group) is 1. The summed E-state index contributed by atoms with van der Waals surface area (Å²) < 4.78 is 41.2. The second kappa shape index (κ2) is 8.24. The SMILES string of the molecule is Cc1ccc(CN(C)CC(=O)N2c3ccccc3NC(=O)C[C@H]2C(F)(F)F)cc1. The second-order valence-electron chi connectivity index (χ2n) is 7.25. The van der Waals surface area contributed by atoms with Crippen molar-refractivity contribution < 1.29 is 22.8 Å². The van der Waals surface area contributed by atoms with E-state index in [0.29, 0.717) is 11.4 Å². The molecule has 29 heavy (non-hydrogen) atoms. The van der Waals surface area contributed by atoms with Crippen molar-refractivity contribution in [2.45, 2.75) is 32.1 Å². The minimum absolute atomic E-state index is 0.0504. The van der Waals surface area contributed by atoms with Gasteiger partial charge in [-0.25, -0.2) is 0 Å². The van der Waals surface area contributed by atoms with Crippen LogP contribution in [0.3, 0.4) is 0 Å². The Labute approximate surface area is 167 Å². The zero-order valence-corrected chi connectivity index (χ0v) is 16.2. The van der Waals surface area contributed by atoms with Crippen molar-refractivity contribution in [1.29, 1.82) is 0 Å². The van der Waals surface area contributed by atoms with Gasteiger partial charge in [0.2, 0.25) is 11.8 Å². The van der Waals surface area contributed by atoms with Gasteiger partial charge in [0.1, 0.15) is 6.04 Å². The summed E-state index contributed by atoms with van der Waals surface area (Å²) in [6, 6.07) is 11.5. The third-order valence-electron chi connectivity index (χ3n) is 4.75. The lowest BCUT2D eigenvalue weighted by Gasteiger charge is -2.33. The van der Waals surface area contributed by atoms with E-state index >= 15 is 0 Å². The molecule has 1 aliphatic rings. The molecule has 0 fully saturated rings. The number of hydrogen-bond acceptors (Lipinski definition) is 3. The second-order valence-corrected chi connectivity index (χ2v) is 7.25. The topological polar surface area (TPSA) is 52.7 Å². The molecule has 1 N–H and O–H groups in total. The van der Waals surface area contributed by atoms with Gasteiger partial charge < -0.3 is 5.32 Å². The minimum atomic E-state index is -4.74. The number of carbonyl (C=O) groups excluding carboxylic acids is 2. The summed E-state index contributed by atoms with van der Waals surface area (Å²) in [5.41, 5.74) is 2.29. The van der Waals surface area contributed by atoms with E-state index in [9.17, 15) is 22.8 Å². The zero-order valence-electron chi connectivity index (χ0n) is 16.2. The Balaban J connectivity index is 1.86. The molecule has 1 heterocycles. The predicted octanol–water partition coefficient (Wildman–Crippen LogP) is 3.73. The number of halogens is 3. The molecule has 2 amide bonds. The molecule has 0 bridgehead atoms. The Bertz CT molecular complexity index is 897. The van der Waals surface area contributed by atoms with Gasteiger partial charge in [-0.05, 0) is 31.7 Å². The van der Waals surface area contributed by atoms with Gasteiger partial charge >= 0.3 is 6.18 Å². The van der Waals surface area contributed by atoms with Crippen LogP contribution in [0.2, 0.25) is 0 Å². The van der Waals surface area contributed by atoms with Crippen LogP contribution in [0.5, 0.6) is 0 Å². The summed E-state index contributed by atoms with van der Waals surface area (Å²) in [6.45, 7) is 2.15. The molecule has 2 aromatic carbocycles. The first-order valence-electron chi connectivity index (χ1n) is 9.17. The molecule has 0 spiro atoms. The van der Waals surface area contributed by atoms with Crippen LogP contribution in [-0.4, -0.2) is 42.5 Å². The van der Waals surface area contributed by atoms with E-state index in [2.05, 4.69) is 5.32 Å². The van der Waals surface area contributed by atoms with Crippen molar-refractivity contribution in [1.82, 2.24) is 4.90 Å². The monoisotopic (exact) mass is 405 g/mol. The molecule has 154 valence electrons. The molecule has 8 heteroatoms. The molecular formula is C21H22F3N3O2. The van der Waals surface area contributed by atoms with E-state index in [4.69, 9.17) is 0 Å². The minimum Gasteiger partial charge on any atom is -0.324 e. The Morgan fingerprint density at radius 3 is 2.48 bits per heavy atom. The molecule has 0 aliphatic carbocycles.